The minimum absolute atomic E-state index is 0.0587. The third-order valence-corrected chi connectivity index (χ3v) is 4.60. The van der Waals surface area contributed by atoms with E-state index in [0.29, 0.717) is 19.6 Å². The zero-order valence-electron chi connectivity index (χ0n) is 15.0. The Morgan fingerprint density at radius 1 is 1.12 bits per heavy atom. The Kier molecular flexibility index (Phi) is 5.21. The van der Waals surface area contributed by atoms with Gasteiger partial charge in [-0.15, -0.1) is 0 Å². The van der Waals surface area contributed by atoms with E-state index in [1.165, 1.54) is 12.1 Å². The minimum Gasteiger partial charge on any atom is -0.339 e. The van der Waals surface area contributed by atoms with Crippen LogP contribution in [0.15, 0.2) is 53.3 Å². The number of nitrogens with zero attached hydrogens (tertiary/aromatic N) is 3. The lowest BCUT2D eigenvalue weighted by Gasteiger charge is -2.21. The van der Waals surface area contributed by atoms with Crippen LogP contribution in [-0.4, -0.2) is 26.5 Å². The van der Waals surface area contributed by atoms with Crippen LogP contribution in [0.4, 0.5) is 4.39 Å². The molecular weight excluding hydrogens is 333 g/mol. The molecule has 0 atom stereocenters. The van der Waals surface area contributed by atoms with Crippen LogP contribution in [0.1, 0.15) is 18.9 Å². The number of aromatic nitrogens is 2. The highest BCUT2D eigenvalue weighted by Gasteiger charge is 2.15. The quantitative estimate of drug-likeness (QED) is 0.683. The van der Waals surface area contributed by atoms with Crippen LogP contribution in [0.5, 0.6) is 0 Å². The number of benzene rings is 2. The lowest BCUT2D eigenvalue weighted by molar-refractivity contribution is -0.131. The molecule has 0 fully saturated rings. The van der Waals surface area contributed by atoms with Gasteiger partial charge in [0, 0.05) is 33.1 Å². The summed E-state index contributed by atoms with van der Waals surface area (Å²) in [7, 11) is 1.73. The largest absolute Gasteiger partial charge is 0.339 e. The summed E-state index contributed by atoms with van der Waals surface area (Å²) in [6.07, 6.45) is 0.219. The summed E-state index contributed by atoms with van der Waals surface area (Å²) >= 11 is 0. The molecule has 0 saturated heterocycles. The number of rotatable bonds is 6. The highest BCUT2D eigenvalue weighted by Crippen LogP contribution is 2.13. The number of hydrogen-bond donors (Lipinski definition) is 0. The Labute approximate surface area is 151 Å². The van der Waals surface area contributed by atoms with Crippen molar-refractivity contribution in [1.82, 2.24) is 14.0 Å². The number of fused-ring (bicyclic) bond motifs is 1. The SMILES string of the molecule is CCN(Cc1cccc(F)c1)C(=O)CCn1c(=O)n(C)c2ccccc21. The van der Waals surface area contributed by atoms with Gasteiger partial charge in [-0.1, -0.05) is 24.3 Å². The van der Waals surface area contributed by atoms with Gasteiger partial charge in [-0.05, 0) is 36.8 Å². The number of hydrogen-bond acceptors (Lipinski definition) is 2. The molecule has 3 aromatic rings. The number of amides is 1. The molecule has 136 valence electrons. The lowest BCUT2D eigenvalue weighted by atomic mass is 10.2. The number of carbonyl (C=O) groups is 1. The van der Waals surface area contributed by atoms with Gasteiger partial charge in [0.25, 0.3) is 0 Å². The molecule has 0 aliphatic heterocycles. The molecule has 0 spiro atoms. The van der Waals surface area contributed by atoms with Crippen molar-refractivity contribution in [2.45, 2.75) is 26.4 Å². The van der Waals surface area contributed by atoms with E-state index >= 15 is 0 Å². The molecule has 1 heterocycles. The predicted molar refractivity (Wildman–Crippen MR) is 99.3 cm³/mol. The van der Waals surface area contributed by atoms with Gasteiger partial charge < -0.3 is 4.90 Å². The molecule has 1 amide bonds. The summed E-state index contributed by atoms with van der Waals surface area (Å²) in [4.78, 5) is 26.7. The highest BCUT2D eigenvalue weighted by molar-refractivity contribution is 5.78. The molecule has 0 bridgehead atoms. The van der Waals surface area contributed by atoms with Crippen LogP contribution in [0.3, 0.4) is 0 Å². The van der Waals surface area contributed by atoms with E-state index in [-0.39, 0.29) is 23.8 Å². The average molecular weight is 355 g/mol. The summed E-state index contributed by atoms with van der Waals surface area (Å²) in [5, 5.41) is 0. The lowest BCUT2D eigenvalue weighted by Crippen LogP contribution is -2.32. The maximum atomic E-state index is 13.3. The third-order valence-electron chi connectivity index (χ3n) is 4.60. The number of halogens is 1. The molecule has 0 radical (unpaired) electrons. The maximum absolute atomic E-state index is 13.3. The fourth-order valence-electron chi connectivity index (χ4n) is 3.18. The fraction of sp³-hybridized carbons (Fsp3) is 0.300. The Balaban J connectivity index is 1.74. The summed E-state index contributed by atoms with van der Waals surface area (Å²) in [6, 6.07) is 13.8. The number of aryl methyl sites for hydroxylation is 2. The predicted octanol–water partition coefficient (Wildman–Crippen LogP) is 2.92. The topological polar surface area (TPSA) is 47.2 Å². The van der Waals surface area contributed by atoms with Crippen molar-refractivity contribution < 1.29 is 9.18 Å². The van der Waals surface area contributed by atoms with Crippen LogP contribution >= 0.6 is 0 Å². The molecular formula is C20H22FN3O2. The summed E-state index contributed by atoms with van der Waals surface area (Å²) < 4.78 is 16.6. The smallest absolute Gasteiger partial charge is 0.328 e. The molecule has 26 heavy (non-hydrogen) atoms. The van der Waals surface area contributed by atoms with Crippen LogP contribution in [0.2, 0.25) is 0 Å². The summed E-state index contributed by atoms with van der Waals surface area (Å²) in [6.45, 7) is 3.09. The summed E-state index contributed by atoms with van der Waals surface area (Å²) in [5.74, 6) is -0.370. The number of carbonyl (C=O) groups excluding carboxylic acids is 1. The Hall–Kier alpha value is -2.89. The van der Waals surface area contributed by atoms with Crippen molar-refractivity contribution in [3.05, 3.63) is 70.4 Å². The van der Waals surface area contributed by atoms with E-state index in [4.69, 9.17) is 0 Å². The van der Waals surface area contributed by atoms with Gasteiger partial charge in [0.15, 0.2) is 0 Å². The van der Waals surface area contributed by atoms with Gasteiger partial charge >= 0.3 is 5.69 Å². The second-order valence-electron chi connectivity index (χ2n) is 6.27. The molecule has 3 rings (SSSR count). The van der Waals surface area contributed by atoms with Crippen LogP contribution < -0.4 is 5.69 Å². The molecule has 1 aromatic heterocycles. The van der Waals surface area contributed by atoms with E-state index in [1.807, 2.05) is 31.2 Å². The van der Waals surface area contributed by atoms with Gasteiger partial charge in [-0.2, -0.15) is 0 Å². The molecule has 0 aliphatic rings. The second kappa shape index (κ2) is 7.56. The van der Waals surface area contributed by atoms with E-state index in [0.717, 1.165) is 16.6 Å². The van der Waals surface area contributed by atoms with E-state index in [9.17, 15) is 14.0 Å². The van der Waals surface area contributed by atoms with Crippen molar-refractivity contribution in [2.75, 3.05) is 6.54 Å². The zero-order chi connectivity index (χ0) is 18.7. The monoisotopic (exact) mass is 355 g/mol. The zero-order valence-corrected chi connectivity index (χ0v) is 15.0. The van der Waals surface area contributed by atoms with E-state index in [1.54, 1.807) is 33.2 Å². The molecule has 0 N–H and O–H groups in total. The average Bonchev–Trinajstić information content (AvgIpc) is 2.89. The second-order valence-corrected chi connectivity index (χ2v) is 6.27. The Morgan fingerprint density at radius 3 is 2.54 bits per heavy atom. The normalized spacial score (nSPS) is 11.0. The molecule has 2 aromatic carbocycles. The van der Waals surface area contributed by atoms with Gasteiger partial charge in [-0.3, -0.25) is 13.9 Å². The van der Waals surface area contributed by atoms with Gasteiger partial charge in [0.1, 0.15) is 5.82 Å². The number of imidazole rings is 1. The van der Waals surface area contributed by atoms with Crippen LogP contribution in [0, 0.1) is 5.82 Å². The first-order valence-electron chi connectivity index (χ1n) is 8.67. The number of para-hydroxylation sites is 2. The molecule has 0 unspecified atom stereocenters. The molecule has 0 aliphatic carbocycles. The summed E-state index contributed by atoms with van der Waals surface area (Å²) in [5.41, 5.74) is 2.28. The van der Waals surface area contributed by atoms with Gasteiger partial charge in [0.05, 0.1) is 11.0 Å². The first-order valence-corrected chi connectivity index (χ1v) is 8.67. The van der Waals surface area contributed by atoms with Crippen molar-refractivity contribution in [1.29, 1.82) is 0 Å². The first kappa shape index (κ1) is 17.9. The van der Waals surface area contributed by atoms with Crippen molar-refractivity contribution in [3.63, 3.8) is 0 Å². The molecule has 6 heteroatoms. The standard InChI is InChI=1S/C20H22FN3O2/c1-3-23(14-15-7-6-8-16(21)13-15)19(25)11-12-24-18-10-5-4-9-17(18)22(2)20(24)26/h4-10,13H,3,11-12,14H2,1-2H3. The van der Waals surface area contributed by atoms with Crippen molar-refractivity contribution >= 4 is 16.9 Å². The van der Waals surface area contributed by atoms with Crippen molar-refractivity contribution in [2.24, 2.45) is 7.05 Å². The first-order chi connectivity index (χ1) is 12.5. The van der Waals surface area contributed by atoms with Crippen LogP contribution in [-0.2, 0) is 24.9 Å². The third kappa shape index (κ3) is 3.54. The van der Waals surface area contributed by atoms with Crippen molar-refractivity contribution in [3.8, 4) is 0 Å². The fourth-order valence-corrected chi connectivity index (χ4v) is 3.18. The maximum Gasteiger partial charge on any atom is 0.328 e. The molecule has 0 saturated carbocycles. The van der Waals surface area contributed by atoms with Gasteiger partial charge in [0.2, 0.25) is 5.91 Å². The minimum atomic E-state index is -0.312. The highest BCUT2D eigenvalue weighted by atomic mass is 19.1. The van der Waals surface area contributed by atoms with Gasteiger partial charge in [-0.25, -0.2) is 9.18 Å². The van der Waals surface area contributed by atoms with Crippen LogP contribution in [0.25, 0.3) is 11.0 Å². The Morgan fingerprint density at radius 2 is 1.85 bits per heavy atom. The van der Waals surface area contributed by atoms with E-state index < -0.39 is 0 Å². The molecule has 5 nitrogen and oxygen atoms in total. The Bertz CT molecular complexity index is 990. The van der Waals surface area contributed by atoms with E-state index in [2.05, 4.69) is 0 Å².